The third kappa shape index (κ3) is 5.13. The number of esters is 1. The van der Waals surface area contributed by atoms with Crippen LogP contribution < -0.4 is 5.32 Å². The van der Waals surface area contributed by atoms with Crippen LogP contribution in [0.2, 0.25) is 0 Å². The van der Waals surface area contributed by atoms with Crippen LogP contribution in [0.4, 0.5) is 4.79 Å². The summed E-state index contributed by atoms with van der Waals surface area (Å²) in [5.41, 5.74) is 1.50. The molecule has 1 aliphatic rings. The average molecular weight is 396 g/mol. The molecular formula is C22H24N2O5. The van der Waals surface area contributed by atoms with E-state index in [0.29, 0.717) is 24.9 Å². The summed E-state index contributed by atoms with van der Waals surface area (Å²) in [4.78, 5) is 39.2. The molecule has 0 aliphatic carbocycles. The minimum absolute atomic E-state index is 0.154. The van der Waals surface area contributed by atoms with Crippen LogP contribution in [0.1, 0.15) is 30.0 Å². The second kappa shape index (κ2) is 9.73. The van der Waals surface area contributed by atoms with E-state index in [4.69, 9.17) is 4.74 Å². The first-order valence-electron chi connectivity index (χ1n) is 9.50. The highest BCUT2D eigenvalue weighted by molar-refractivity contribution is 5.91. The number of nitrogens with zero attached hydrogens (tertiary/aromatic N) is 1. The van der Waals surface area contributed by atoms with Crippen molar-refractivity contribution in [1.82, 2.24) is 10.2 Å². The van der Waals surface area contributed by atoms with Crippen molar-refractivity contribution in [2.24, 2.45) is 0 Å². The number of benzene rings is 2. The van der Waals surface area contributed by atoms with Gasteiger partial charge in [0.05, 0.1) is 7.11 Å². The number of alkyl carbamates (subject to hydrolysis) is 1. The van der Waals surface area contributed by atoms with Crippen molar-refractivity contribution in [1.29, 1.82) is 0 Å². The molecule has 2 aromatic rings. The normalized spacial score (nSPS) is 16.7. The van der Waals surface area contributed by atoms with Gasteiger partial charge >= 0.3 is 12.1 Å². The van der Waals surface area contributed by atoms with Crippen molar-refractivity contribution in [2.45, 2.75) is 31.5 Å². The van der Waals surface area contributed by atoms with Crippen LogP contribution in [-0.4, -0.2) is 42.6 Å². The van der Waals surface area contributed by atoms with Crippen LogP contribution in [0.15, 0.2) is 60.7 Å². The van der Waals surface area contributed by atoms with Gasteiger partial charge in [0.15, 0.2) is 0 Å². The van der Waals surface area contributed by atoms with Gasteiger partial charge in [-0.15, -0.1) is 0 Å². The van der Waals surface area contributed by atoms with Gasteiger partial charge in [0, 0.05) is 6.54 Å². The van der Waals surface area contributed by atoms with E-state index >= 15 is 0 Å². The van der Waals surface area contributed by atoms with Gasteiger partial charge in [-0.2, -0.15) is 0 Å². The number of hydrogen-bond donors (Lipinski definition) is 1. The average Bonchev–Trinajstić information content (AvgIpc) is 3.26. The zero-order valence-electron chi connectivity index (χ0n) is 16.2. The SMILES string of the molecule is COC(=O)NC(C(=O)N1CCCC1C(=O)OCc1ccccc1)c1ccccc1. The molecule has 0 aromatic heterocycles. The third-order valence-electron chi connectivity index (χ3n) is 4.86. The molecule has 0 bridgehead atoms. The lowest BCUT2D eigenvalue weighted by molar-refractivity contribution is -0.155. The van der Waals surface area contributed by atoms with Crippen molar-refractivity contribution in [3.05, 3.63) is 71.8 Å². The smallest absolute Gasteiger partial charge is 0.407 e. The highest BCUT2D eigenvalue weighted by atomic mass is 16.5. The van der Waals surface area contributed by atoms with E-state index in [9.17, 15) is 14.4 Å². The van der Waals surface area contributed by atoms with Crippen molar-refractivity contribution in [3.63, 3.8) is 0 Å². The van der Waals surface area contributed by atoms with Gasteiger partial charge in [0.1, 0.15) is 18.7 Å². The van der Waals surface area contributed by atoms with Crippen LogP contribution >= 0.6 is 0 Å². The van der Waals surface area contributed by atoms with Gasteiger partial charge in [-0.1, -0.05) is 60.7 Å². The number of rotatable bonds is 6. The molecular weight excluding hydrogens is 372 g/mol. The Kier molecular flexibility index (Phi) is 6.84. The fourth-order valence-electron chi connectivity index (χ4n) is 3.38. The molecule has 2 amide bonds. The lowest BCUT2D eigenvalue weighted by atomic mass is 10.1. The lowest BCUT2D eigenvalue weighted by Crippen LogP contribution is -2.47. The predicted octanol–water partition coefficient (Wildman–Crippen LogP) is 2.82. The molecule has 2 unspecified atom stereocenters. The molecule has 2 aromatic carbocycles. The maximum absolute atomic E-state index is 13.2. The summed E-state index contributed by atoms with van der Waals surface area (Å²) >= 11 is 0. The molecule has 7 nitrogen and oxygen atoms in total. The maximum atomic E-state index is 13.2. The molecule has 2 atom stereocenters. The standard InChI is InChI=1S/C22H24N2O5/c1-28-22(27)23-19(17-11-6-3-7-12-17)20(25)24-14-8-13-18(24)21(26)29-15-16-9-4-2-5-10-16/h2-7,9-12,18-19H,8,13-15H2,1H3,(H,23,27). The predicted molar refractivity (Wildman–Crippen MR) is 106 cm³/mol. The van der Waals surface area contributed by atoms with Crippen LogP contribution in [0.3, 0.4) is 0 Å². The number of amides is 2. The van der Waals surface area contributed by atoms with Crippen LogP contribution in [0.5, 0.6) is 0 Å². The van der Waals surface area contributed by atoms with Crippen molar-refractivity contribution < 1.29 is 23.9 Å². The van der Waals surface area contributed by atoms with E-state index in [2.05, 4.69) is 10.1 Å². The second-order valence-corrected chi connectivity index (χ2v) is 6.76. The van der Waals surface area contributed by atoms with Crippen molar-refractivity contribution in [3.8, 4) is 0 Å². The third-order valence-corrected chi connectivity index (χ3v) is 4.86. The van der Waals surface area contributed by atoms with E-state index in [-0.39, 0.29) is 12.5 Å². The molecule has 0 radical (unpaired) electrons. The van der Waals surface area contributed by atoms with Crippen LogP contribution in [0.25, 0.3) is 0 Å². The fourth-order valence-corrected chi connectivity index (χ4v) is 3.38. The molecule has 0 saturated carbocycles. The molecule has 7 heteroatoms. The van der Waals surface area contributed by atoms with E-state index in [1.54, 1.807) is 24.3 Å². The van der Waals surface area contributed by atoms with Crippen molar-refractivity contribution in [2.75, 3.05) is 13.7 Å². The van der Waals surface area contributed by atoms with Gasteiger partial charge < -0.3 is 19.7 Å². The Morgan fingerprint density at radius 1 is 1.07 bits per heavy atom. The molecule has 3 rings (SSSR count). The van der Waals surface area contributed by atoms with Crippen LogP contribution in [-0.2, 0) is 25.7 Å². The minimum atomic E-state index is -0.939. The van der Waals surface area contributed by atoms with Crippen LogP contribution in [0, 0.1) is 0 Å². The Hall–Kier alpha value is -3.35. The number of methoxy groups -OCH3 is 1. The summed E-state index contributed by atoms with van der Waals surface area (Å²) in [6.45, 7) is 0.580. The Morgan fingerprint density at radius 2 is 1.72 bits per heavy atom. The highest BCUT2D eigenvalue weighted by Gasteiger charge is 2.39. The first-order valence-corrected chi connectivity index (χ1v) is 9.50. The zero-order valence-corrected chi connectivity index (χ0v) is 16.2. The van der Waals surface area contributed by atoms with E-state index < -0.39 is 24.1 Å². The summed E-state index contributed by atoms with van der Waals surface area (Å²) in [5, 5.41) is 2.57. The first kappa shape index (κ1) is 20.4. The number of carbonyl (C=O) groups excluding carboxylic acids is 3. The monoisotopic (exact) mass is 396 g/mol. The molecule has 1 saturated heterocycles. The molecule has 0 spiro atoms. The van der Waals surface area contributed by atoms with E-state index in [0.717, 1.165) is 5.56 Å². The zero-order chi connectivity index (χ0) is 20.6. The Labute approximate surface area is 169 Å². The van der Waals surface area contributed by atoms with Gasteiger partial charge in [0.25, 0.3) is 5.91 Å². The number of carbonyl (C=O) groups is 3. The first-order chi connectivity index (χ1) is 14.1. The Bertz CT molecular complexity index is 841. The fraction of sp³-hybridized carbons (Fsp3) is 0.318. The molecule has 152 valence electrons. The summed E-state index contributed by atoms with van der Waals surface area (Å²) in [6.07, 6.45) is 0.505. The minimum Gasteiger partial charge on any atom is -0.459 e. The number of hydrogen-bond acceptors (Lipinski definition) is 5. The number of nitrogens with one attached hydrogen (secondary N) is 1. The maximum Gasteiger partial charge on any atom is 0.407 e. The van der Waals surface area contributed by atoms with E-state index in [1.807, 2.05) is 36.4 Å². The summed E-state index contributed by atoms with van der Waals surface area (Å²) in [7, 11) is 1.24. The number of ether oxygens (including phenoxy) is 2. The van der Waals surface area contributed by atoms with E-state index in [1.165, 1.54) is 12.0 Å². The quantitative estimate of drug-likeness (QED) is 0.759. The molecule has 29 heavy (non-hydrogen) atoms. The Morgan fingerprint density at radius 3 is 2.38 bits per heavy atom. The summed E-state index contributed by atoms with van der Waals surface area (Å²) < 4.78 is 10.1. The largest absolute Gasteiger partial charge is 0.459 e. The molecule has 1 fully saturated rings. The summed E-state index contributed by atoms with van der Waals surface area (Å²) in [5.74, 6) is -0.801. The second-order valence-electron chi connectivity index (χ2n) is 6.76. The summed E-state index contributed by atoms with van der Waals surface area (Å²) in [6, 6.07) is 16.7. The Balaban J connectivity index is 1.72. The van der Waals surface area contributed by atoms with Gasteiger partial charge in [-0.3, -0.25) is 4.79 Å². The van der Waals surface area contributed by atoms with Gasteiger partial charge in [0.2, 0.25) is 0 Å². The number of likely N-dealkylation sites (tertiary alicyclic amines) is 1. The molecule has 1 N–H and O–H groups in total. The van der Waals surface area contributed by atoms with Gasteiger partial charge in [-0.25, -0.2) is 9.59 Å². The van der Waals surface area contributed by atoms with Crippen molar-refractivity contribution >= 4 is 18.0 Å². The lowest BCUT2D eigenvalue weighted by Gasteiger charge is -2.28. The van der Waals surface area contributed by atoms with Gasteiger partial charge in [-0.05, 0) is 24.0 Å². The topological polar surface area (TPSA) is 84.9 Å². The molecule has 1 heterocycles. The highest BCUT2D eigenvalue weighted by Crippen LogP contribution is 2.25. The molecule has 1 aliphatic heterocycles.